The number of carbonyl (C=O) groups is 2. The molecule has 2 aromatic rings. The van der Waals surface area contributed by atoms with Gasteiger partial charge in [0.15, 0.2) is 0 Å². The number of aryl methyl sites for hydroxylation is 1. The molecule has 120 valence electrons. The Morgan fingerprint density at radius 1 is 1.35 bits per heavy atom. The molecule has 0 bridgehead atoms. The minimum Gasteiger partial charge on any atom is -0.481 e. The summed E-state index contributed by atoms with van der Waals surface area (Å²) in [5.41, 5.74) is 3.47. The highest BCUT2D eigenvalue weighted by Gasteiger charge is 2.31. The molecule has 1 aromatic carbocycles. The molecule has 1 unspecified atom stereocenters. The number of amides is 1. The predicted octanol–water partition coefficient (Wildman–Crippen LogP) is 2.97. The monoisotopic (exact) mass is 313 g/mol. The smallest absolute Gasteiger partial charge is 0.311 e. The Labute approximate surface area is 134 Å². The molecule has 1 aliphatic heterocycles. The first-order chi connectivity index (χ1) is 11.0. The van der Waals surface area contributed by atoms with Crippen LogP contribution in [0.4, 0.5) is 0 Å². The number of fused-ring (bicyclic) bond motifs is 1. The highest BCUT2D eigenvalue weighted by molar-refractivity contribution is 5.97. The highest BCUT2D eigenvalue weighted by atomic mass is 16.4. The molecular formula is C18H19NO4. The number of carbonyl (C=O) groups excluding carboxylic acids is 1. The second kappa shape index (κ2) is 5.91. The van der Waals surface area contributed by atoms with Gasteiger partial charge in [-0.15, -0.1) is 0 Å². The summed E-state index contributed by atoms with van der Waals surface area (Å²) in [4.78, 5) is 25.7. The lowest BCUT2D eigenvalue weighted by Gasteiger charge is -2.35. The molecule has 2 heterocycles. The standard InChI is InChI=1S/C18H19NO4/c1-11-10-23-15(9-16(20)21)17(11)18(22)19-8-7-13-5-3-4-6-14(13)12(19)2/h3-6,10,12H,7-9H2,1-2H3,(H,20,21). The fourth-order valence-corrected chi connectivity index (χ4v) is 3.25. The average Bonchev–Trinajstić information content (AvgIpc) is 2.87. The SMILES string of the molecule is Cc1coc(CC(=O)O)c1C(=O)N1CCc2ccccc2C1C. The summed E-state index contributed by atoms with van der Waals surface area (Å²) in [6, 6.07) is 8.07. The molecule has 5 nitrogen and oxygen atoms in total. The molecule has 0 fully saturated rings. The number of benzene rings is 1. The molecule has 0 radical (unpaired) electrons. The van der Waals surface area contributed by atoms with E-state index >= 15 is 0 Å². The number of nitrogens with zero attached hydrogens (tertiary/aromatic N) is 1. The number of hydrogen-bond donors (Lipinski definition) is 1. The summed E-state index contributed by atoms with van der Waals surface area (Å²) in [6.07, 6.45) is 1.97. The van der Waals surface area contributed by atoms with Crippen molar-refractivity contribution in [1.29, 1.82) is 0 Å². The van der Waals surface area contributed by atoms with Crippen molar-refractivity contribution in [3.63, 3.8) is 0 Å². The first kappa shape index (κ1) is 15.3. The van der Waals surface area contributed by atoms with Gasteiger partial charge in [-0.3, -0.25) is 9.59 Å². The van der Waals surface area contributed by atoms with E-state index in [9.17, 15) is 9.59 Å². The van der Waals surface area contributed by atoms with Crippen molar-refractivity contribution in [2.45, 2.75) is 32.7 Å². The van der Waals surface area contributed by atoms with Gasteiger partial charge in [-0.05, 0) is 31.4 Å². The van der Waals surface area contributed by atoms with Crippen LogP contribution in [0.2, 0.25) is 0 Å². The van der Waals surface area contributed by atoms with E-state index in [1.54, 1.807) is 11.8 Å². The third-order valence-electron chi connectivity index (χ3n) is 4.43. The van der Waals surface area contributed by atoms with E-state index in [0.29, 0.717) is 17.7 Å². The van der Waals surface area contributed by atoms with Crippen LogP contribution in [-0.4, -0.2) is 28.4 Å². The van der Waals surface area contributed by atoms with Crippen molar-refractivity contribution in [3.8, 4) is 0 Å². The van der Waals surface area contributed by atoms with Crippen LogP contribution in [0.3, 0.4) is 0 Å². The van der Waals surface area contributed by atoms with E-state index in [-0.39, 0.29) is 24.1 Å². The largest absolute Gasteiger partial charge is 0.481 e. The van der Waals surface area contributed by atoms with Gasteiger partial charge in [0.2, 0.25) is 0 Å². The van der Waals surface area contributed by atoms with Crippen molar-refractivity contribution in [2.24, 2.45) is 0 Å². The number of furan rings is 1. The van der Waals surface area contributed by atoms with Crippen molar-refractivity contribution in [2.75, 3.05) is 6.54 Å². The number of carboxylic acid groups (broad SMARTS) is 1. The van der Waals surface area contributed by atoms with Crippen LogP contribution in [0.5, 0.6) is 0 Å². The van der Waals surface area contributed by atoms with Gasteiger partial charge in [0.1, 0.15) is 12.2 Å². The first-order valence-corrected chi connectivity index (χ1v) is 7.66. The van der Waals surface area contributed by atoms with Gasteiger partial charge >= 0.3 is 5.97 Å². The number of hydrogen-bond acceptors (Lipinski definition) is 3. The third-order valence-corrected chi connectivity index (χ3v) is 4.43. The van der Waals surface area contributed by atoms with Crippen molar-refractivity contribution >= 4 is 11.9 Å². The van der Waals surface area contributed by atoms with Crippen LogP contribution < -0.4 is 0 Å². The molecule has 3 rings (SSSR count). The summed E-state index contributed by atoms with van der Waals surface area (Å²) in [6.45, 7) is 4.39. The summed E-state index contributed by atoms with van der Waals surface area (Å²) < 4.78 is 5.29. The van der Waals surface area contributed by atoms with Gasteiger partial charge in [-0.2, -0.15) is 0 Å². The molecule has 1 aromatic heterocycles. The zero-order valence-electron chi connectivity index (χ0n) is 13.2. The lowest BCUT2D eigenvalue weighted by molar-refractivity contribution is -0.136. The zero-order chi connectivity index (χ0) is 16.6. The van der Waals surface area contributed by atoms with Crippen LogP contribution in [0, 0.1) is 6.92 Å². The van der Waals surface area contributed by atoms with Gasteiger partial charge in [0.05, 0.1) is 17.9 Å². The molecule has 1 atom stereocenters. The summed E-state index contributed by atoms with van der Waals surface area (Å²) in [5.74, 6) is -0.939. The lowest BCUT2D eigenvalue weighted by atomic mass is 9.92. The van der Waals surface area contributed by atoms with E-state index in [1.807, 2.05) is 25.1 Å². The molecule has 0 aliphatic carbocycles. The van der Waals surface area contributed by atoms with E-state index in [4.69, 9.17) is 9.52 Å². The normalized spacial score (nSPS) is 17.0. The van der Waals surface area contributed by atoms with Crippen LogP contribution in [-0.2, 0) is 17.6 Å². The Morgan fingerprint density at radius 2 is 2.09 bits per heavy atom. The van der Waals surface area contributed by atoms with Gasteiger partial charge in [-0.1, -0.05) is 24.3 Å². The number of carboxylic acids is 1. The molecule has 1 N–H and O–H groups in total. The Morgan fingerprint density at radius 3 is 2.83 bits per heavy atom. The van der Waals surface area contributed by atoms with Gasteiger partial charge in [-0.25, -0.2) is 0 Å². The highest BCUT2D eigenvalue weighted by Crippen LogP contribution is 2.31. The minimum atomic E-state index is -1.01. The summed E-state index contributed by atoms with van der Waals surface area (Å²) in [5, 5.41) is 8.99. The zero-order valence-corrected chi connectivity index (χ0v) is 13.2. The second-order valence-corrected chi connectivity index (χ2v) is 5.91. The van der Waals surface area contributed by atoms with Crippen molar-refractivity contribution < 1.29 is 19.1 Å². The Kier molecular flexibility index (Phi) is 3.94. The molecule has 0 spiro atoms. The quantitative estimate of drug-likeness (QED) is 0.945. The topological polar surface area (TPSA) is 70.7 Å². The first-order valence-electron chi connectivity index (χ1n) is 7.66. The summed E-state index contributed by atoms with van der Waals surface area (Å²) >= 11 is 0. The molecular weight excluding hydrogens is 294 g/mol. The molecule has 0 saturated heterocycles. The molecule has 0 saturated carbocycles. The van der Waals surface area contributed by atoms with E-state index in [2.05, 4.69) is 6.07 Å². The maximum Gasteiger partial charge on any atom is 0.311 e. The number of rotatable bonds is 3. The Hall–Kier alpha value is -2.56. The summed E-state index contributed by atoms with van der Waals surface area (Å²) in [7, 11) is 0. The average molecular weight is 313 g/mol. The molecule has 1 aliphatic rings. The Balaban J connectivity index is 1.93. The Bertz CT molecular complexity index is 762. The fourth-order valence-electron chi connectivity index (χ4n) is 3.25. The van der Waals surface area contributed by atoms with Crippen LogP contribution in [0.1, 0.15) is 45.8 Å². The van der Waals surface area contributed by atoms with Crippen LogP contribution >= 0.6 is 0 Å². The maximum absolute atomic E-state index is 13.0. The number of aliphatic carboxylic acids is 1. The third kappa shape index (κ3) is 2.74. The van der Waals surface area contributed by atoms with Crippen molar-refractivity contribution in [3.05, 3.63) is 58.5 Å². The molecule has 23 heavy (non-hydrogen) atoms. The molecule has 1 amide bonds. The van der Waals surface area contributed by atoms with E-state index < -0.39 is 5.97 Å². The van der Waals surface area contributed by atoms with Gasteiger partial charge in [0, 0.05) is 12.1 Å². The van der Waals surface area contributed by atoms with Gasteiger partial charge < -0.3 is 14.4 Å². The van der Waals surface area contributed by atoms with E-state index in [1.165, 1.54) is 11.8 Å². The van der Waals surface area contributed by atoms with Crippen LogP contribution in [0.25, 0.3) is 0 Å². The molecule has 5 heteroatoms. The predicted molar refractivity (Wildman–Crippen MR) is 84.4 cm³/mol. The maximum atomic E-state index is 13.0. The van der Waals surface area contributed by atoms with Gasteiger partial charge in [0.25, 0.3) is 5.91 Å². The van der Waals surface area contributed by atoms with Crippen molar-refractivity contribution in [1.82, 2.24) is 4.90 Å². The fraction of sp³-hybridized carbons (Fsp3) is 0.333. The van der Waals surface area contributed by atoms with E-state index in [0.717, 1.165) is 12.0 Å². The van der Waals surface area contributed by atoms with Crippen LogP contribution in [0.15, 0.2) is 34.9 Å². The second-order valence-electron chi connectivity index (χ2n) is 5.91. The lowest BCUT2D eigenvalue weighted by Crippen LogP contribution is -2.39. The minimum absolute atomic E-state index is 0.0422.